The number of anilines is 2. The van der Waals surface area contributed by atoms with Crippen molar-refractivity contribution in [2.75, 3.05) is 36.0 Å². The number of carbonyl (C=O) groups is 1. The van der Waals surface area contributed by atoms with Gasteiger partial charge in [0.1, 0.15) is 5.82 Å². The molecule has 132 valence electrons. The summed E-state index contributed by atoms with van der Waals surface area (Å²) in [5, 5.41) is 13.9. The number of carboxylic acids is 1. The van der Waals surface area contributed by atoms with E-state index in [1.54, 1.807) is 12.1 Å². The number of primary sulfonamides is 1. The molecule has 1 aromatic heterocycles. The second kappa shape index (κ2) is 6.65. The van der Waals surface area contributed by atoms with Crippen molar-refractivity contribution >= 4 is 27.5 Å². The maximum atomic E-state index is 11.3. The van der Waals surface area contributed by atoms with Crippen LogP contribution in [-0.2, 0) is 10.0 Å². The predicted molar refractivity (Wildman–Crippen MR) is 91.2 cm³/mol. The zero-order valence-corrected chi connectivity index (χ0v) is 14.1. The Morgan fingerprint density at radius 2 is 1.60 bits per heavy atom. The number of benzene rings is 1. The van der Waals surface area contributed by atoms with Gasteiger partial charge in [-0.15, -0.1) is 0 Å². The minimum Gasteiger partial charge on any atom is -0.476 e. The van der Waals surface area contributed by atoms with Crippen LogP contribution in [0, 0.1) is 0 Å². The molecule has 2 aromatic rings. The number of nitrogens with two attached hydrogens (primary N) is 1. The lowest BCUT2D eigenvalue weighted by Gasteiger charge is -2.36. The number of aromatic carboxylic acids is 1. The quantitative estimate of drug-likeness (QED) is 0.785. The molecule has 0 radical (unpaired) electrons. The van der Waals surface area contributed by atoms with Crippen molar-refractivity contribution in [2.45, 2.75) is 4.90 Å². The van der Waals surface area contributed by atoms with Crippen LogP contribution in [0.1, 0.15) is 10.5 Å². The monoisotopic (exact) mass is 363 g/mol. The first-order chi connectivity index (χ1) is 11.8. The highest BCUT2D eigenvalue weighted by Crippen LogP contribution is 2.20. The molecule has 0 aliphatic carbocycles. The van der Waals surface area contributed by atoms with Crippen molar-refractivity contribution < 1.29 is 18.3 Å². The van der Waals surface area contributed by atoms with E-state index in [4.69, 9.17) is 10.2 Å². The molecule has 0 unspecified atom stereocenters. The van der Waals surface area contributed by atoms with Gasteiger partial charge in [0.2, 0.25) is 10.0 Å². The molecular weight excluding hydrogens is 346 g/mol. The molecule has 0 atom stereocenters. The Hall–Kier alpha value is -2.72. The molecule has 1 aromatic carbocycles. The van der Waals surface area contributed by atoms with Crippen LogP contribution in [0.5, 0.6) is 0 Å². The number of hydrogen-bond donors (Lipinski definition) is 2. The second-order valence-corrected chi connectivity index (χ2v) is 7.14. The third-order valence-electron chi connectivity index (χ3n) is 3.99. The van der Waals surface area contributed by atoms with Crippen LogP contribution in [0.4, 0.5) is 11.5 Å². The first kappa shape index (κ1) is 17.1. The highest BCUT2D eigenvalue weighted by atomic mass is 32.2. The Morgan fingerprint density at radius 1 is 1.00 bits per heavy atom. The summed E-state index contributed by atoms with van der Waals surface area (Å²) in [4.78, 5) is 23.1. The largest absolute Gasteiger partial charge is 0.476 e. The molecule has 3 N–H and O–H groups in total. The third-order valence-corrected chi connectivity index (χ3v) is 4.92. The number of aromatic nitrogens is 2. The molecule has 0 bridgehead atoms. The minimum absolute atomic E-state index is 0.0858. The second-order valence-electron chi connectivity index (χ2n) is 5.58. The van der Waals surface area contributed by atoms with E-state index >= 15 is 0 Å². The predicted octanol–water partition coefficient (Wildman–Crippen LogP) is 0.149. The number of sulfonamides is 1. The van der Waals surface area contributed by atoms with Crippen LogP contribution < -0.4 is 14.9 Å². The molecular formula is C15H17N5O4S. The van der Waals surface area contributed by atoms with Crippen LogP contribution in [0.25, 0.3) is 0 Å². The van der Waals surface area contributed by atoms with Crippen molar-refractivity contribution in [1.29, 1.82) is 0 Å². The zero-order chi connectivity index (χ0) is 18.0. The average Bonchev–Trinajstić information content (AvgIpc) is 2.61. The van der Waals surface area contributed by atoms with Crippen LogP contribution in [0.15, 0.2) is 41.6 Å². The van der Waals surface area contributed by atoms with E-state index in [9.17, 15) is 13.2 Å². The van der Waals surface area contributed by atoms with Gasteiger partial charge in [0.05, 0.1) is 17.3 Å². The molecule has 3 rings (SSSR count). The summed E-state index contributed by atoms with van der Waals surface area (Å²) in [7, 11) is -3.69. The lowest BCUT2D eigenvalue weighted by atomic mass is 10.2. The van der Waals surface area contributed by atoms with E-state index in [1.807, 2.05) is 4.90 Å². The molecule has 1 saturated heterocycles. The van der Waals surface area contributed by atoms with E-state index in [0.29, 0.717) is 18.9 Å². The topological polar surface area (TPSA) is 130 Å². The Labute approximate surface area is 144 Å². The number of nitrogens with zero attached hydrogens (tertiary/aromatic N) is 4. The molecule has 2 heterocycles. The van der Waals surface area contributed by atoms with Gasteiger partial charge in [-0.1, -0.05) is 0 Å². The molecule has 25 heavy (non-hydrogen) atoms. The Morgan fingerprint density at radius 3 is 2.08 bits per heavy atom. The van der Waals surface area contributed by atoms with Gasteiger partial charge in [-0.2, -0.15) is 0 Å². The Kier molecular flexibility index (Phi) is 4.55. The summed E-state index contributed by atoms with van der Waals surface area (Å²) in [6, 6.07) is 6.45. The molecule has 1 aliphatic rings. The third kappa shape index (κ3) is 3.86. The number of hydrogen-bond acceptors (Lipinski definition) is 7. The van der Waals surface area contributed by atoms with Gasteiger partial charge in [0.25, 0.3) is 0 Å². The van der Waals surface area contributed by atoms with Crippen LogP contribution in [-0.4, -0.2) is 55.6 Å². The summed E-state index contributed by atoms with van der Waals surface area (Å²) in [6.45, 7) is 2.82. The van der Waals surface area contributed by atoms with Crippen LogP contribution in [0.3, 0.4) is 0 Å². The number of carboxylic acid groups (broad SMARTS) is 1. The first-order valence-electron chi connectivity index (χ1n) is 7.53. The summed E-state index contributed by atoms with van der Waals surface area (Å²) in [6.07, 6.45) is 2.70. The first-order valence-corrected chi connectivity index (χ1v) is 9.07. The van der Waals surface area contributed by atoms with Crippen LogP contribution in [0.2, 0.25) is 0 Å². The van der Waals surface area contributed by atoms with Crippen molar-refractivity contribution in [3.05, 3.63) is 42.4 Å². The SMILES string of the molecule is NS(=O)(=O)c1ccc(N2CCN(c3cnc(C(=O)O)cn3)CC2)cc1. The average molecular weight is 363 g/mol. The Bertz CT molecular complexity index is 860. The molecule has 0 amide bonds. The van der Waals surface area contributed by atoms with Gasteiger partial charge in [-0.05, 0) is 24.3 Å². The standard InChI is InChI=1S/C15H17N5O4S/c16-25(23,24)12-3-1-11(2-4-12)19-5-7-20(8-6-19)14-10-17-13(9-18-14)15(21)22/h1-4,9-10H,5-8H2,(H,21,22)(H2,16,23,24). The zero-order valence-electron chi connectivity index (χ0n) is 13.2. The van der Waals surface area contributed by atoms with Gasteiger partial charge in [0.15, 0.2) is 5.69 Å². The number of rotatable bonds is 4. The lowest BCUT2D eigenvalue weighted by Crippen LogP contribution is -2.46. The summed E-state index contributed by atoms with van der Waals surface area (Å²) in [5.74, 6) is -0.471. The fourth-order valence-electron chi connectivity index (χ4n) is 2.64. The van der Waals surface area contributed by atoms with Crippen molar-refractivity contribution in [3.8, 4) is 0 Å². The van der Waals surface area contributed by atoms with Crippen molar-refractivity contribution in [2.24, 2.45) is 5.14 Å². The highest BCUT2D eigenvalue weighted by molar-refractivity contribution is 7.89. The summed E-state index contributed by atoms with van der Waals surface area (Å²) < 4.78 is 22.6. The fraction of sp³-hybridized carbons (Fsp3) is 0.267. The summed E-state index contributed by atoms with van der Waals surface area (Å²) in [5.41, 5.74) is 0.830. The van der Waals surface area contributed by atoms with E-state index in [0.717, 1.165) is 18.8 Å². The Balaban J connectivity index is 1.64. The molecule has 9 nitrogen and oxygen atoms in total. The smallest absolute Gasteiger partial charge is 0.356 e. The normalized spacial score (nSPS) is 15.2. The van der Waals surface area contributed by atoms with Crippen LogP contribution >= 0.6 is 0 Å². The maximum absolute atomic E-state index is 11.3. The molecule has 1 aliphatic heterocycles. The van der Waals surface area contributed by atoms with E-state index in [1.165, 1.54) is 24.5 Å². The van der Waals surface area contributed by atoms with Crippen molar-refractivity contribution in [1.82, 2.24) is 9.97 Å². The molecule has 10 heteroatoms. The summed E-state index contributed by atoms with van der Waals surface area (Å²) >= 11 is 0. The van der Waals surface area contributed by atoms with Gasteiger partial charge < -0.3 is 14.9 Å². The fourth-order valence-corrected chi connectivity index (χ4v) is 3.15. The lowest BCUT2D eigenvalue weighted by molar-refractivity contribution is 0.0690. The molecule has 1 fully saturated rings. The highest BCUT2D eigenvalue weighted by Gasteiger charge is 2.19. The van der Waals surface area contributed by atoms with E-state index in [2.05, 4.69) is 14.9 Å². The number of piperazine rings is 1. The van der Waals surface area contributed by atoms with Gasteiger partial charge in [0, 0.05) is 31.9 Å². The molecule has 0 spiro atoms. The van der Waals surface area contributed by atoms with Gasteiger partial charge >= 0.3 is 5.97 Å². The molecule has 0 saturated carbocycles. The van der Waals surface area contributed by atoms with E-state index < -0.39 is 16.0 Å². The maximum Gasteiger partial charge on any atom is 0.356 e. The van der Waals surface area contributed by atoms with Gasteiger partial charge in [-0.3, -0.25) is 0 Å². The minimum atomic E-state index is -3.69. The van der Waals surface area contributed by atoms with E-state index in [-0.39, 0.29) is 10.6 Å². The van der Waals surface area contributed by atoms with Gasteiger partial charge in [-0.25, -0.2) is 28.3 Å². The van der Waals surface area contributed by atoms with Crippen molar-refractivity contribution in [3.63, 3.8) is 0 Å².